The number of nitrogens with zero attached hydrogens (tertiary/aromatic N) is 4. The molecule has 3 heterocycles. The number of carbonyl (C=O) groups is 1. The van der Waals surface area contributed by atoms with Gasteiger partial charge in [0, 0.05) is 25.7 Å². The molecule has 0 spiro atoms. The Morgan fingerprint density at radius 1 is 1.23 bits per heavy atom. The van der Waals surface area contributed by atoms with Gasteiger partial charge in [-0.15, -0.1) is 0 Å². The van der Waals surface area contributed by atoms with Gasteiger partial charge in [0.05, 0.1) is 13.2 Å². The van der Waals surface area contributed by atoms with E-state index >= 15 is 0 Å². The molecule has 1 amide bonds. The third kappa shape index (κ3) is 4.74. The average Bonchev–Trinajstić information content (AvgIpc) is 2.74. The first-order valence-electron chi connectivity index (χ1n) is 11.1. The summed E-state index contributed by atoms with van der Waals surface area (Å²) in [4.78, 5) is 25.5. The average molecular weight is 425 g/mol. The number of nitrogens with one attached hydrogen (secondary N) is 1. The fourth-order valence-corrected chi connectivity index (χ4v) is 4.12. The largest absolute Gasteiger partial charge is 0.463 e. The summed E-state index contributed by atoms with van der Waals surface area (Å²) in [6.07, 6.45) is 3.02. The van der Waals surface area contributed by atoms with E-state index in [4.69, 9.17) is 10.5 Å². The molecule has 1 aromatic carbocycles. The van der Waals surface area contributed by atoms with Crippen LogP contribution in [0.15, 0.2) is 18.2 Å². The molecule has 0 unspecified atom stereocenters. The van der Waals surface area contributed by atoms with E-state index in [1.807, 2.05) is 4.90 Å². The lowest BCUT2D eigenvalue weighted by molar-refractivity contribution is -0.115. The molecular weight excluding hydrogens is 392 g/mol. The number of aromatic nitrogens is 2. The predicted molar refractivity (Wildman–Crippen MR) is 122 cm³/mol. The number of carbonyl (C=O) groups excluding carboxylic acids is 1. The molecule has 0 fully saturated rings. The maximum atomic E-state index is 12.3. The Hall–Kier alpha value is -2.87. The summed E-state index contributed by atoms with van der Waals surface area (Å²) in [6.45, 7) is 9.96. The Labute approximate surface area is 183 Å². The van der Waals surface area contributed by atoms with Gasteiger partial charge in [-0.2, -0.15) is 9.97 Å². The van der Waals surface area contributed by atoms with E-state index in [0.717, 1.165) is 37.9 Å². The zero-order valence-corrected chi connectivity index (χ0v) is 18.6. The third-order valence-electron chi connectivity index (χ3n) is 5.94. The quantitative estimate of drug-likeness (QED) is 0.660. The summed E-state index contributed by atoms with van der Waals surface area (Å²) >= 11 is 0. The Morgan fingerprint density at radius 2 is 2.06 bits per heavy atom. The van der Waals surface area contributed by atoms with Crippen molar-refractivity contribution in [2.75, 3.05) is 35.6 Å². The Balaban J connectivity index is 1.58. The van der Waals surface area contributed by atoms with E-state index in [0.29, 0.717) is 30.7 Å². The van der Waals surface area contributed by atoms with Crippen molar-refractivity contribution in [1.29, 1.82) is 0 Å². The number of anilines is 3. The molecule has 0 bridgehead atoms. The standard InChI is InChI=1S/C23H32N6O2/c1-4-5-10-31-23-26-21(24)20-22(27-23)29(14-19(30)25-20)12-16-6-7-17-8-9-28(15(2)3)13-18(17)11-16/h6-7,11,15H,4-5,8-10,12-14H2,1-3H3,(H,25,30)(H2,24,26,27). The molecule has 0 saturated heterocycles. The summed E-state index contributed by atoms with van der Waals surface area (Å²) in [5, 5.41) is 2.81. The van der Waals surface area contributed by atoms with Gasteiger partial charge in [0.1, 0.15) is 5.69 Å². The highest BCUT2D eigenvalue weighted by atomic mass is 16.5. The summed E-state index contributed by atoms with van der Waals surface area (Å²) < 4.78 is 5.68. The van der Waals surface area contributed by atoms with Gasteiger partial charge in [-0.05, 0) is 43.4 Å². The van der Waals surface area contributed by atoms with Crippen molar-refractivity contribution >= 4 is 23.2 Å². The van der Waals surface area contributed by atoms with Crippen LogP contribution in [0.4, 0.5) is 17.3 Å². The van der Waals surface area contributed by atoms with Gasteiger partial charge in [0.25, 0.3) is 0 Å². The van der Waals surface area contributed by atoms with Crippen LogP contribution in [0.25, 0.3) is 0 Å². The van der Waals surface area contributed by atoms with Crippen LogP contribution in [-0.2, 0) is 24.3 Å². The van der Waals surface area contributed by atoms with Gasteiger partial charge in [0.2, 0.25) is 5.91 Å². The van der Waals surface area contributed by atoms with E-state index in [2.05, 4.69) is 59.2 Å². The number of unbranched alkanes of at least 4 members (excludes halogenated alkanes) is 1. The zero-order valence-electron chi connectivity index (χ0n) is 18.6. The summed E-state index contributed by atoms with van der Waals surface area (Å²) in [5.74, 6) is 0.721. The highest BCUT2D eigenvalue weighted by Gasteiger charge is 2.28. The van der Waals surface area contributed by atoms with Gasteiger partial charge in [-0.3, -0.25) is 9.69 Å². The molecule has 2 aliphatic heterocycles. The molecule has 0 radical (unpaired) electrons. The number of benzene rings is 1. The fraction of sp³-hybridized carbons (Fsp3) is 0.522. The maximum absolute atomic E-state index is 12.3. The molecule has 0 aliphatic carbocycles. The molecule has 8 heteroatoms. The van der Waals surface area contributed by atoms with Crippen LogP contribution in [0.1, 0.15) is 50.3 Å². The predicted octanol–water partition coefficient (Wildman–Crippen LogP) is 2.96. The highest BCUT2D eigenvalue weighted by Crippen LogP contribution is 2.34. The van der Waals surface area contributed by atoms with E-state index in [9.17, 15) is 4.79 Å². The molecule has 2 aromatic rings. The third-order valence-corrected chi connectivity index (χ3v) is 5.94. The van der Waals surface area contributed by atoms with Crippen LogP contribution >= 0.6 is 0 Å². The summed E-state index contributed by atoms with van der Waals surface area (Å²) in [5.41, 5.74) is 10.5. The minimum Gasteiger partial charge on any atom is -0.463 e. The molecule has 3 N–H and O–H groups in total. The van der Waals surface area contributed by atoms with Crippen molar-refractivity contribution < 1.29 is 9.53 Å². The van der Waals surface area contributed by atoms with E-state index < -0.39 is 0 Å². The van der Waals surface area contributed by atoms with E-state index in [-0.39, 0.29) is 24.3 Å². The van der Waals surface area contributed by atoms with Gasteiger partial charge in [-0.25, -0.2) is 0 Å². The highest BCUT2D eigenvalue weighted by molar-refractivity contribution is 6.03. The molecule has 0 saturated carbocycles. The second-order valence-electron chi connectivity index (χ2n) is 8.61. The van der Waals surface area contributed by atoms with Gasteiger partial charge in [-0.1, -0.05) is 31.5 Å². The maximum Gasteiger partial charge on any atom is 0.320 e. The first-order chi connectivity index (χ1) is 14.9. The molecular formula is C23H32N6O2. The van der Waals surface area contributed by atoms with Crippen molar-refractivity contribution in [3.8, 4) is 6.01 Å². The van der Waals surface area contributed by atoms with E-state index in [1.165, 1.54) is 11.1 Å². The fourth-order valence-electron chi connectivity index (χ4n) is 4.12. The molecule has 31 heavy (non-hydrogen) atoms. The van der Waals surface area contributed by atoms with Gasteiger partial charge in [0.15, 0.2) is 11.6 Å². The monoisotopic (exact) mass is 424 g/mol. The number of nitrogens with two attached hydrogens (primary N) is 1. The number of hydrogen-bond acceptors (Lipinski definition) is 7. The van der Waals surface area contributed by atoms with Crippen LogP contribution in [0.3, 0.4) is 0 Å². The number of rotatable bonds is 7. The minimum absolute atomic E-state index is 0.119. The van der Waals surface area contributed by atoms with Crippen molar-refractivity contribution in [3.05, 3.63) is 34.9 Å². The lowest BCUT2D eigenvalue weighted by Crippen LogP contribution is -2.39. The zero-order chi connectivity index (χ0) is 22.0. The first-order valence-corrected chi connectivity index (χ1v) is 11.1. The smallest absolute Gasteiger partial charge is 0.320 e. The lowest BCUT2D eigenvalue weighted by atomic mass is 9.96. The number of amides is 1. The van der Waals surface area contributed by atoms with Gasteiger partial charge >= 0.3 is 6.01 Å². The SMILES string of the molecule is CCCCOc1nc(N)c2c(n1)N(Cc1ccc3c(c1)CN(C(C)C)CC3)CC(=O)N2. The molecule has 1 aromatic heterocycles. The molecule has 4 rings (SSSR count). The molecule has 2 aliphatic rings. The second-order valence-corrected chi connectivity index (χ2v) is 8.61. The van der Waals surface area contributed by atoms with Crippen LogP contribution in [-0.4, -0.2) is 46.5 Å². The lowest BCUT2D eigenvalue weighted by Gasteiger charge is -2.33. The molecule has 0 atom stereocenters. The van der Waals surface area contributed by atoms with Crippen molar-refractivity contribution in [2.45, 2.75) is 59.2 Å². The molecule has 8 nitrogen and oxygen atoms in total. The number of fused-ring (bicyclic) bond motifs is 2. The normalized spacial score (nSPS) is 16.1. The van der Waals surface area contributed by atoms with Crippen LogP contribution in [0.5, 0.6) is 6.01 Å². The number of ether oxygens (including phenoxy) is 1. The van der Waals surface area contributed by atoms with Crippen LogP contribution < -0.4 is 20.7 Å². The van der Waals surface area contributed by atoms with Crippen molar-refractivity contribution in [3.63, 3.8) is 0 Å². The first kappa shape index (κ1) is 21.4. The van der Waals surface area contributed by atoms with Crippen LogP contribution in [0.2, 0.25) is 0 Å². The van der Waals surface area contributed by atoms with Crippen molar-refractivity contribution in [2.24, 2.45) is 0 Å². The number of nitrogen functional groups attached to an aromatic ring is 1. The second kappa shape index (κ2) is 9.09. The van der Waals surface area contributed by atoms with E-state index in [1.54, 1.807) is 0 Å². The summed E-state index contributed by atoms with van der Waals surface area (Å²) in [7, 11) is 0. The topological polar surface area (TPSA) is 96.6 Å². The number of hydrogen-bond donors (Lipinski definition) is 2. The van der Waals surface area contributed by atoms with Crippen LogP contribution in [0, 0.1) is 0 Å². The Kier molecular flexibility index (Phi) is 6.27. The molecule has 166 valence electrons. The summed E-state index contributed by atoms with van der Waals surface area (Å²) in [6, 6.07) is 7.42. The Morgan fingerprint density at radius 3 is 2.84 bits per heavy atom. The Bertz CT molecular complexity index is 961. The van der Waals surface area contributed by atoms with Gasteiger partial charge < -0.3 is 20.7 Å². The minimum atomic E-state index is -0.119. The van der Waals surface area contributed by atoms with Crippen molar-refractivity contribution in [1.82, 2.24) is 14.9 Å².